The van der Waals surface area contributed by atoms with Crippen molar-refractivity contribution in [2.45, 2.75) is 27.7 Å². The van der Waals surface area contributed by atoms with Crippen LogP contribution < -0.4 is 10.2 Å². The van der Waals surface area contributed by atoms with Gasteiger partial charge in [0.1, 0.15) is 0 Å². The third-order valence-corrected chi connectivity index (χ3v) is 5.99. The zero-order valence-corrected chi connectivity index (χ0v) is 25.7. The molecule has 0 unspecified atom stereocenters. The molecule has 2 nitrogen and oxygen atoms in total. The average molecular weight is 592 g/mol. The summed E-state index contributed by atoms with van der Waals surface area (Å²) in [6.07, 6.45) is 0. The summed E-state index contributed by atoms with van der Waals surface area (Å²) in [5, 5.41) is 26.0. The van der Waals surface area contributed by atoms with Gasteiger partial charge in [0.05, 0.1) is 0 Å². The van der Waals surface area contributed by atoms with Gasteiger partial charge in [0, 0.05) is 0 Å². The molecule has 6 aromatic carbocycles. The second kappa shape index (κ2) is 17.8. The number of para-hydroxylation sites is 2. The van der Waals surface area contributed by atoms with E-state index in [1.165, 1.54) is 68.1 Å². The van der Waals surface area contributed by atoms with Crippen LogP contribution in [0.1, 0.15) is 22.3 Å². The smallest absolute Gasteiger partial charge is 0.872 e. The molecule has 0 aromatic heterocycles. The Morgan fingerprint density at radius 3 is 1.08 bits per heavy atom. The first-order chi connectivity index (χ1) is 18.3. The Bertz CT molecular complexity index is 1310. The predicted molar refractivity (Wildman–Crippen MR) is 161 cm³/mol. The number of aryl methyl sites for hydroxylation is 4. The van der Waals surface area contributed by atoms with E-state index in [9.17, 15) is 10.2 Å². The van der Waals surface area contributed by atoms with Crippen LogP contribution in [0.3, 0.4) is 0 Å². The minimum atomic E-state index is 0. The molecule has 0 fully saturated rings. The fourth-order valence-corrected chi connectivity index (χ4v) is 3.65. The Hall–Kier alpha value is -3.68. The molecule has 0 spiro atoms. The Labute approximate surface area is 252 Å². The Kier molecular flexibility index (Phi) is 15.2. The quantitative estimate of drug-likeness (QED) is 0.131. The first kappa shape index (κ1) is 33.4. The van der Waals surface area contributed by atoms with Crippen molar-refractivity contribution in [1.82, 2.24) is 0 Å². The fraction of sp³-hybridized carbons (Fsp3) is 0.111. The van der Waals surface area contributed by atoms with Crippen LogP contribution in [0, 0.1) is 27.7 Å². The summed E-state index contributed by atoms with van der Waals surface area (Å²) in [7, 11) is 0. The van der Waals surface area contributed by atoms with Crippen LogP contribution in [0.25, 0.3) is 21.5 Å². The summed E-state index contributed by atoms with van der Waals surface area (Å²) >= 11 is 0. The maximum atomic E-state index is 10.3. The Morgan fingerprint density at radius 2 is 0.795 bits per heavy atom. The molecule has 0 N–H and O–H groups in total. The molecule has 6 rings (SSSR count). The molecule has 0 atom stereocenters. The minimum absolute atomic E-state index is 0. The van der Waals surface area contributed by atoms with Crippen molar-refractivity contribution in [3.05, 3.63) is 157 Å². The van der Waals surface area contributed by atoms with E-state index < -0.39 is 0 Å². The van der Waals surface area contributed by atoms with Gasteiger partial charge in [0.15, 0.2) is 0 Å². The van der Waals surface area contributed by atoms with Crippen molar-refractivity contribution in [1.29, 1.82) is 0 Å². The van der Waals surface area contributed by atoms with E-state index >= 15 is 0 Å². The van der Waals surface area contributed by atoms with E-state index in [0.717, 1.165) is 0 Å². The Balaban J connectivity index is 0.000000258. The Morgan fingerprint density at radius 1 is 0.487 bits per heavy atom. The number of fused-ring (bicyclic) bond motifs is 2. The molecular weight excluding hydrogens is 556 g/mol. The topological polar surface area (TPSA) is 46.1 Å². The minimum Gasteiger partial charge on any atom is -0.872 e. The molecule has 0 heterocycles. The number of rotatable bonds is 0. The van der Waals surface area contributed by atoms with E-state index in [1.54, 1.807) is 24.3 Å². The number of hydrogen-bond donors (Lipinski definition) is 0. The molecule has 6 aromatic rings. The molecule has 196 valence electrons. The third-order valence-electron chi connectivity index (χ3n) is 5.99. The van der Waals surface area contributed by atoms with Crippen LogP contribution in [0.2, 0.25) is 0 Å². The van der Waals surface area contributed by atoms with Gasteiger partial charge in [-0.1, -0.05) is 82.9 Å². The summed E-state index contributed by atoms with van der Waals surface area (Å²) in [4.78, 5) is 0. The molecule has 0 aliphatic rings. The molecule has 0 saturated carbocycles. The summed E-state index contributed by atoms with van der Waals surface area (Å²) in [5.41, 5.74) is 5.51. The van der Waals surface area contributed by atoms with E-state index in [4.69, 9.17) is 0 Å². The monoisotopic (exact) mass is 590 g/mol. The summed E-state index contributed by atoms with van der Waals surface area (Å²) in [5.74, 6) is 0.144. The van der Waals surface area contributed by atoms with Crippen molar-refractivity contribution >= 4 is 21.5 Å². The van der Waals surface area contributed by atoms with Gasteiger partial charge in [0.2, 0.25) is 0 Å². The second-order valence-corrected chi connectivity index (χ2v) is 8.81. The third kappa shape index (κ3) is 11.3. The van der Waals surface area contributed by atoms with Crippen molar-refractivity contribution in [3.63, 3.8) is 0 Å². The number of benzene rings is 4. The van der Waals surface area contributed by atoms with Crippen LogP contribution in [0.4, 0.5) is 0 Å². The van der Waals surface area contributed by atoms with Crippen LogP contribution in [-0.4, -0.2) is 0 Å². The van der Waals surface area contributed by atoms with Gasteiger partial charge in [-0.3, -0.25) is 0 Å². The van der Waals surface area contributed by atoms with Gasteiger partial charge in [-0.05, 0) is 27.7 Å². The fourth-order valence-electron chi connectivity index (χ4n) is 3.65. The summed E-state index contributed by atoms with van der Waals surface area (Å²) < 4.78 is 0. The van der Waals surface area contributed by atoms with Gasteiger partial charge in [-0.25, -0.2) is 0 Å². The zero-order chi connectivity index (χ0) is 27.9. The molecular formula is C36H36O2Zr. The summed E-state index contributed by atoms with van der Waals surface area (Å²) in [6.45, 7) is 14.6. The van der Waals surface area contributed by atoms with Crippen molar-refractivity contribution in [2.75, 3.05) is 0 Å². The molecule has 0 bridgehead atoms. The SMILES string of the molecule is C=C.Cc1cc2cc[cH-]c2cc1C.Cc1cc2cc[cH-]c2cc1C.[O-]c1ccccc1.[O-]c1ccccc1.[Zr+4]. The van der Waals surface area contributed by atoms with Crippen LogP contribution >= 0.6 is 0 Å². The van der Waals surface area contributed by atoms with E-state index in [1.807, 2.05) is 12.1 Å². The standard InChI is InChI=1S/2C11H11.2C6H6O.C2H4.Zr/c2*1-8-6-10-4-3-5-11(10)7-9(8)2;2*7-6-4-2-1-3-5-6;1-2;/h2*3-7H,1-2H3;2*1-5,7H;1-2H2;/q2*-1;;;;+4/p-2. The first-order valence-corrected chi connectivity index (χ1v) is 12.5. The molecule has 0 radical (unpaired) electrons. The van der Waals surface area contributed by atoms with Crippen LogP contribution in [-0.2, 0) is 26.2 Å². The maximum Gasteiger partial charge on any atom is 4.00 e. The van der Waals surface area contributed by atoms with E-state index in [0.29, 0.717) is 0 Å². The van der Waals surface area contributed by atoms with E-state index in [-0.39, 0.29) is 37.7 Å². The molecule has 0 saturated heterocycles. The van der Waals surface area contributed by atoms with Crippen LogP contribution in [0.15, 0.2) is 134 Å². The first-order valence-electron chi connectivity index (χ1n) is 12.5. The van der Waals surface area contributed by atoms with Gasteiger partial charge >= 0.3 is 26.2 Å². The molecule has 39 heavy (non-hydrogen) atoms. The predicted octanol–water partition coefficient (Wildman–Crippen LogP) is 8.67. The number of hydrogen-bond acceptors (Lipinski definition) is 2. The molecule has 0 amide bonds. The summed E-state index contributed by atoms with van der Waals surface area (Å²) in [6, 6.07) is 38.4. The van der Waals surface area contributed by atoms with Gasteiger partial charge in [-0.15, -0.1) is 82.6 Å². The zero-order valence-electron chi connectivity index (χ0n) is 23.3. The van der Waals surface area contributed by atoms with Crippen LogP contribution in [0.5, 0.6) is 11.5 Å². The molecule has 0 aliphatic carbocycles. The molecule has 3 heteroatoms. The normalized spacial score (nSPS) is 9.23. The van der Waals surface area contributed by atoms with Gasteiger partial charge < -0.3 is 10.2 Å². The van der Waals surface area contributed by atoms with Gasteiger partial charge in [-0.2, -0.15) is 24.3 Å². The van der Waals surface area contributed by atoms with Gasteiger partial charge in [0.25, 0.3) is 0 Å². The largest absolute Gasteiger partial charge is 4.00 e. The van der Waals surface area contributed by atoms with E-state index in [2.05, 4.69) is 102 Å². The van der Waals surface area contributed by atoms with Crippen molar-refractivity contribution in [3.8, 4) is 11.5 Å². The average Bonchev–Trinajstić information content (AvgIpc) is 3.57. The molecule has 0 aliphatic heterocycles. The second-order valence-electron chi connectivity index (χ2n) is 8.81. The van der Waals surface area contributed by atoms with Crippen molar-refractivity contribution < 1.29 is 36.4 Å². The van der Waals surface area contributed by atoms with Crippen molar-refractivity contribution in [2.24, 2.45) is 0 Å². The maximum absolute atomic E-state index is 10.3.